The monoisotopic (exact) mass is 250 g/mol. The second-order valence-electron chi connectivity index (χ2n) is 4.34. The molecule has 0 radical (unpaired) electrons. The maximum absolute atomic E-state index is 12.0. The fourth-order valence-electron chi connectivity index (χ4n) is 1.85. The quantitative estimate of drug-likeness (QED) is 0.773. The molecule has 0 spiro atoms. The lowest BCUT2D eigenvalue weighted by molar-refractivity contribution is -0.123. The lowest BCUT2D eigenvalue weighted by Crippen LogP contribution is -2.42. The molecule has 1 aromatic rings. The van der Waals surface area contributed by atoms with Crippen molar-refractivity contribution >= 4 is 5.91 Å². The summed E-state index contributed by atoms with van der Waals surface area (Å²) in [6.07, 6.45) is 1.88. The van der Waals surface area contributed by atoms with Gasteiger partial charge in [0.25, 0.3) is 0 Å². The topological polar surface area (TPSA) is 64.3 Å². The molecule has 100 valence electrons. The van der Waals surface area contributed by atoms with Crippen molar-refractivity contribution < 1.29 is 9.53 Å². The molecule has 18 heavy (non-hydrogen) atoms. The molecular formula is C14H22N2O2. The molecule has 0 bridgehead atoms. The zero-order valence-electron chi connectivity index (χ0n) is 11.1. The van der Waals surface area contributed by atoms with E-state index in [1.54, 1.807) is 7.11 Å². The number of ether oxygens (including phenoxy) is 1. The molecule has 4 nitrogen and oxygen atoms in total. The smallest absolute Gasteiger partial charge is 0.241 e. The van der Waals surface area contributed by atoms with Crippen molar-refractivity contribution in [3.8, 4) is 0 Å². The lowest BCUT2D eigenvalue weighted by atomic mass is 10.1. The molecule has 1 aromatic carbocycles. The highest BCUT2D eigenvalue weighted by Crippen LogP contribution is 2.10. The van der Waals surface area contributed by atoms with Crippen molar-refractivity contribution in [1.82, 2.24) is 5.32 Å². The van der Waals surface area contributed by atoms with E-state index in [0.29, 0.717) is 6.61 Å². The van der Waals surface area contributed by atoms with Gasteiger partial charge in [-0.2, -0.15) is 0 Å². The second-order valence-corrected chi connectivity index (χ2v) is 4.34. The van der Waals surface area contributed by atoms with Gasteiger partial charge in [-0.3, -0.25) is 4.79 Å². The molecule has 0 aliphatic carbocycles. The maximum Gasteiger partial charge on any atom is 0.241 e. The van der Waals surface area contributed by atoms with Crippen LogP contribution in [0.2, 0.25) is 0 Å². The van der Waals surface area contributed by atoms with Crippen molar-refractivity contribution in [3.05, 3.63) is 35.9 Å². The van der Waals surface area contributed by atoms with Gasteiger partial charge in [-0.05, 0) is 12.0 Å². The van der Waals surface area contributed by atoms with Gasteiger partial charge in [0, 0.05) is 7.11 Å². The van der Waals surface area contributed by atoms with E-state index in [0.717, 1.165) is 18.4 Å². The van der Waals surface area contributed by atoms with Crippen LogP contribution < -0.4 is 11.1 Å². The number of carbonyl (C=O) groups excluding carboxylic acids is 1. The van der Waals surface area contributed by atoms with Gasteiger partial charge >= 0.3 is 0 Å². The minimum atomic E-state index is -0.623. The third kappa shape index (κ3) is 4.47. The second kappa shape index (κ2) is 7.84. The summed E-state index contributed by atoms with van der Waals surface area (Å²) in [5.74, 6) is -0.156. The predicted octanol–water partition coefficient (Wildman–Crippen LogP) is 1.62. The zero-order chi connectivity index (χ0) is 13.4. The van der Waals surface area contributed by atoms with E-state index in [1.165, 1.54) is 0 Å². The van der Waals surface area contributed by atoms with Gasteiger partial charge in [-0.15, -0.1) is 0 Å². The number of hydrogen-bond donors (Lipinski definition) is 2. The molecule has 1 rings (SSSR count). The molecule has 0 saturated carbocycles. The van der Waals surface area contributed by atoms with E-state index in [2.05, 4.69) is 12.2 Å². The van der Waals surface area contributed by atoms with E-state index in [9.17, 15) is 4.79 Å². The van der Waals surface area contributed by atoms with E-state index in [4.69, 9.17) is 10.5 Å². The van der Waals surface area contributed by atoms with Crippen LogP contribution in [0.3, 0.4) is 0 Å². The summed E-state index contributed by atoms with van der Waals surface area (Å²) in [6, 6.07) is 8.77. The first-order valence-corrected chi connectivity index (χ1v) is 6.28. The van der Waals surface area contributed by atoms with Crippen molar-refractivity contribution in [2.75, 3.05) is 13.7 Å². The highest BCUT2D eigenvalue weighted by Gasteiger charge is 2.18. The Kier molecular flexibility index (Phi) is 6.39. The van der Waals surface area contributed by atoms with Crippen molar-refractivity contribution in [2.24, 2.45) is 5.73 Å². The van der Waals surface area contributed by atoms with E-state index >= 15 is 0 Å². The number of nitrogens with two attached hydrogens (primary N) is 1. The number of methoxy groups -OCH3 is 1. The molecule has 0 aliphatic rings. The summed E-state index contributed by atoms with van der Waals surface area (Å²) in [4.78, 5) is 12.0. The van der Waals surface area contributed by atoms with Gasteiger partial charge in [0.05, 0.1) is 12.6 Å². The van der Waals surface area contributed by atoms with Gasteiger partial charge in [0.1, 0.15) is 6.04 Å². The van der Waals surface area contributed by atoms with Gasteiger partial charge in [-0.1, -0.05) is 43.7 Å². The van der Waals surface area contributed by atoms with Crippen molar-refractivity contribution in [2.45, 2.75) is 31.8 Å². The Morgan fingerprint density at radius 3 is 2.61 bits per heavy atom. The standard InChI is InChI=1S/C14H22N2O2/c1-3-7-12(10-18-2)16-14(17)13(15)11-8-5-4-6-9-11/h4-6,8-9,12-13H,3,7,10,15H2,1-2H3,(H,16,17)/t12?,13-/m1/s1. The van der Waals surface area contributed by atoms with Crippen molar-refractivity contribution in [1.29, 1.82) is 0 Å². The van der Waals surface area contributed by atoms with Gasteiger partial charge in [0.2, 0.25) is 5.91 Å². The van der Waals surface area contributed by atoms with Crippen LogP contribution in [0.4, 0.5) is 0 Å². The molecule has 4 heteroatoms. The highest BCUT2D eigenvalue weighted by molar-refractivity contribution is 5.83. The van der Waals surface area contributed by atoms with E-state index in [1.807, 2.05) is 30.3 Å². The van der Waals surface area contributed by atoms with Gasteiger partial charge in [0.15, 0.2) is 0 Å². The summed E-state index contributed by atoms with van der Waals surface area (Å²) in [7, 11) is 1.63. The highest BCUT2D eigenvalue weighted by atomic mass is 16.5. The molecule has 3 N–H and O–H groups in total. The molecule has 1 unspecified atom stereocenters. The number of amides is 1. The van der Waals surface area contributed by atoms with Gasteiger partial charge in [-0.25, -0.2) is 0 Å². The average molecular weight is 250 g/mol. The molecule has 0 saturated heterocycles. The summed E-state index contributed by atoms with van der Waals surface area (Å²) in [5.41, 5.74) is 6.75. The molecule has 2 atom stereocenters. The first kappa shape index (κ1) is 14.7. The van der Waals surface area contributed by atoms with Crippen LogP contribution in [-0.4, -0.2) is 25.7 Å². The number of carbonyl (C=O) groups is 1. The van der Waals surface area contributed by atoms with Crippen LogP contribution in [0.25, 0.3) is 0 Å². The zero-order valence-corrected chi connectivity index (χ0v) is 11.1. The lowest BCUT2D eigenvalue weighted by Gasteiger charge is -2.20. The first-order valence-electron chi connectivity index (χ1n) is 6.28. The van der Waals surface area contributed by atoms with Crippen molar-refractivity contribution in [3.63, 3.8) is 0 Å². The number of benzene rings is 1. The average Bonchev–Trinajstić information content (AvgIpc) is 2.39. The summed E-state index contributed by atoms with van der Waals surface area (Å²) >= 11 is 0. The molecule has 1 amide bonds. The van der Waals surface area contributed by atoms with Crippen LogP contribution in [0.15, 0.2) is 30.3 Å². The third-order valence-electron chi connectivity index (χ3n) is 2.79. The Balaban J connectivity index is 2.58. The van der Waals surface area contributed by atoms with Crippen LogP contribution in [0.1, 0.15) is 31.4 Å². The summed E-state index contributed by atoms with van der Waals surface area (Å²) in [6.45, 7) is 2.59. The van der Waals surface area contributed by atoms with Crippen LogP contribution in [-0.2, 0) is 9.53 Å². The normalized spacial score (nSPS) is 13.9. The predicted molar refractivity (Wildman–Crippen MR) is 72.1 cm³/mol. The van der Waals surface area contributed by atoms with Crippen LogP contribution in [0.5, 0.6) is 0 Å². The summed E-state index contributed by atoms with van der Waals surface area (Å²) < 4.78 is 5.09. The Morgan fingerprint density at radius 1 is 1.39 bits per heavy atom. The number of nitrogens with one attached hydrogen (secondary N) is 1. The Hall–Kier alpha value is -1.39. The molecule has 0 heterocycles. The summed E-state index contributed by atoms with van der Waals surface area (Å²) in [5, 5.41) is 2.93. The fourth-order valence-corrected chi connectivity index (χ4v) is 1.85. The first-order chi connectivity index (χ1) is 8.69. The van der Waals surface area contributed by atoms with Crippen LogP contribution >= 0.6 is 0 Å². The fraction of sp³-hybridized carbons (Fsp3) is 0.500. The largest absolute Gasteiger partial charge is 0.383 e. The molecule has 0 aliphatic heterocycles. The molecule has 0 aromatic heterocycles. The number of hydrogen-bond acceptors (Lipinski definition) is 3. The van der Waals surface area contributed by atoms with E-state index in [-0.39, 0.29) is 11.9 Å². The molecular weight excluding hydrogens is 228 g/mol. The third-order valence-corrected chi connectivity index (χ3v) is 2.79. The Labute approximate surface area is 109 Å². The van der Waals surface area contributed by atoms with E-state index < -0.39 is 6.04 Å². The minimum absolute atomic E-state index is 0.0299. The Morgan fingerprint density at radius 2 is 2.06 bits per heavy atom. The Bertz CT molecular complexity index is 348. The molecule has 0 fully saturated rings. The van der Waals surface area contributed by atoms with Gasteiger partial charge < -0.3 is 15.8 Å². The minimum Gasteiger partial charge on any atom is -0.383 e. The maximum atomic E-state index is 12.0. The SMILES string of the molecule is CCCC(COC)NC(=O)[C@H](N)c1ccccc1. The van der Waals surface area contributed by atoms with Crippen LogP contribution in [0, 0.1) is 0 Å². The number of rotatable bonds is 7.